The van der Waals surface area contributed by atoms with E-state index in [4.69, 9.17) is 0 Å². The van der Waals surface area contributed by atoms with Crippen LogP contribution < -0.4 is 0 Å². The lowest BCUT2D eigenvalue weighted by Crippen LogP contribution is -2.25. The van der Waals surface area contributed by atoms with Crippen molar-refractivity contribution in [3.63, 3.8) is 0 Å². The molecule has 22 heavy (non-hydrogen) atoms. The molecule has 0 radical (unpaired) electrons. The smallest absolute Gasteiger partial charge is 0.166 e. The van der Waals surface area contributed by atoms with Gasteiger partial charge in [0.25, 0.3) is 0 Å². The van der Waals surface area contributed by atoms with Crippen LogP contribution in [0.15, 0.2) is 66.2 Å². The Bertz CT molecular complexity index is 680. The van der Waals surface area contributed by atoms with Crippen molar-refractivity contribution in [3.05, 3.63) is 82.9 Å². The van der Waals surface area contributed by atoms with E-state index in [1.165, 1.54) is 16.7 Å². The summed E-state index contributed by atoms with van der Waals surface area (Å²) in [6.45, 7) is 4.22. The van der Waals surface area contributed by atoms with Gasteiger partial charge in [0.2, 0.25) is 0 Å². The summed E-state index contributed by atoms with van der Waals surface area (Å²) >= 11 is 0. The van der Waals surface area contributed by atoms with Crippen LogP contribution in [0.5, 0.6) is 0 Å². The summed E-state index contributed by atoms with van der Waals surface area (Å²) in [5.74, 6) is 0.617. The molecule has 0 saturated carbocycles. The molecule has 0 heterocycles. The molecule has 0 spiro atoms. The molecule has 0 saturated heterocycles. The first kappa shape index (κ1) is 14.8. The third kappa shape index (κ3) is 3.04. The van der Waals surface area contributed by atoms with Gasteiger partial charge in [-0.1, -0.05) is 71.8 Å². The number of carbonyl (C=O) groups is 1. The minimum atomic E-state index is 0.0498. The zero-order chi connectivity index (χ0) is 15.5. The van der Waals surface area contributed by atoms with Crippen LogP contribution in [-0.4, -0.2) is 5.78 Å². The van der Waals surface area contributed by atoms with E-state index in [0.717, 1.165) is 18.4 Å². The summed E-state index contributed by atoms with van der Waals surface area (Å²) in [4.78, 5) is 13.0. The minimum Gasteiger partial charge on any atom is -0.294 e. The van der Waals surface area contributed by atoms with Crippen molar-refractivity contribution in [3.8, 4) is 0 Å². The SMILES string of the molecule is CC1=CC[C@@H](C(=O)c2ccc(C)cc2)[C@H](c2ccccc2)C1. The van der Waals surface area contributed by atoms with Crippen LogP contribution in [0, 0.1) is 12.8 Å². The fourth-order valence-corrected chi connectivity index (χ4v) is 3.34. The van der Waals surface area contributed by atoms with E-state index >= 15 is 0 Å². The zero-order valence-electron chi connectivity index (χ0n) is 13.3. The zero-order valence-corrected chi connectivity index (χ0v) is 13.3. The lowest BCUT2D eigenvalue weighted by atomic mass is 9.73. The number of rotatable bonds is 3. The molecule has 0 N–H and O–H groups in total. The number of Topliss-reactive ketones (excluding diaryl/α,β-unsaturated/α-hetero) is 1. The highest BCUT2D eigenvalue weighted by molar-refractivity contribution is 5.98. The molecule has 0 unspecified atom stereocenters. The first-order chi connectivity index (χ1) is 10.6. The van der Waals surface area contributed by atoms with Gasteiger partial charge in [0.15, 0.2) is 5.78 Å². The van der Waals surface area contributed by atoms with Crippen LogP contribution in [0.25, 0.3) is 0 Å². The summed E-state index contributed by atoms with van der Waals surface area (Å²) < 4.78 is 0. The van der Waals surface area contributed by atoms with Crippen LogP contribution in [-0.2, 0) is 0 Å². The van der Waals surface area contributed by atoms with E-state index in [0.29, 0.717) is 5.92 Å². The Balaban J connectivity index is 1.92. The fraction of sp³-hybridized carbons (Fsp3) is 0.286. The van der Waals surface area contributed by atoms with Crippen molar-refractivity contribution in [2.24, 2.45) is 5.92 Å². The maximum Gasteiger partial charge on any atom is 0.166 e. The molecule has 1 aliphatic carbocycles. The highest BCUT2D eigenvalue weighted by atomic mass is 16.1. The third-order valence-corrected chi connectivity index (χ3v) is 4.65. The molecule has 2 aromatic rings. The van der Waals surface area contributed by atoms with E-state index in [1.54, 1.807) is 0 Å². The predicted octanol–water partition coefficient (Wildman–Crippen LogP) is 5.32. The molecule has 0 bridgehead atoms. The molecule has 2 atom stereocenters. The van der Waals surface area contributed by atoms with E-state index in [2.05, 4.69) is 37.3 Å². The van der Waals surface area contributed by atoms with Crippen LogP contribution in [0.4, 0.5) is 0 Å². The van der Waals surface area contributed by atoms with Crippen molar-refractivity contribution < 1.29 is 4.79 Å². The Hall–Kier alpha value is -2.15. The Morgan fingerprint density at radius 3 is 2.32 bits per heavy atom. The molecule has 0 aromatic heterocycles. The van der Waals surface area contributed by atoms with E-state index in [-0.39, 0.29) is 11.7 Å². The van der Waals surface area contributed by atoms with Crippen molar-refractivity contribution in [1.29, 1.82) is 0 Å². The van der Waals surface area contributed by atoms with Crippen molar-refractivity contribution in [1.82, 2.24) is 0 Å². The lowest BCUT2D eigenvalue weighted by Gasteiger charge is -2.30. The van der Waals surface area contributed by atoms with Gasteiger partial charge in [-0.05, 0) is 38.2 Å². The second-order valence-corrected chi connectivity index (χ2v) is 6.34. The quantitative estimate of drug-likeness (QED) is 0.552. The monoisotopic (exact) mass is 290 g/mol. The first-order valence-corrected chi connectivity index (χ1v) is 7.96. The molecule has 1 aliphatic rings. The van der Waals surface area contributed by atoms with Gasteiger partial charge < -0.3 is 0 Å². The third-order valence-electron chi connectivity index (χ3n) is 4.65. The summed E-state index contributed by atoms with van der Waals surface area (Å²) in [6.07, 6.45) is 4.06. The number of hydrogen-bond acceptors (Lipinski definition) is 1. The van der Waals surface area contributed by atoms with Gasteiger partial charge in [-0.3, -0.25) is 4.79 Å². The largest absolute Gasteiger partial charge is 0.294 e. The average molecular weight is 290 g/mol. The predicted molar refractivity (Wildman–Crippen MR) is 91.2 cm³/mol. The normalized spacial score (nSPS) is 21.3. The molecule has 0 aliphatic heterocycles. The number of hydrogen-bond donors (Lipinski definition) is 0. The van der Waals surface area contributed by atoms with E-state index in [9.17, 15) is 4.79 Å². The van der Waals surface area contributed by atoms with Crippen LogP contribution >= 0.6 is 0 Å². The van der Waals surface area contributed by atoms with Crippen LogP contribution in [0.3, 0.4) is 0 Å². The van der Waals surface area contributed by atoms with Gasteiger partial charge in [0.05, 0.1) is 0 Å². The lowest BCUT2D eigenvalue weighted by molar-refractivity contribution is 0.0896. The molecular formula is C21H22O. The van der Waals surface area contributed by atoms with Gasteiger partial charge in [-0.25, -0.2) is 0 Å². The minimum absolute atomic E-state index is 0.0498. The second kappa shape index (κ2) is 6.31. The molecule has 112 valence electrons. The highest BCUT2D eigenvalue weighted by Crippen LogP contribution is 2.39. The summed E-state index contributed by atoms with van der Waals surface area (Å²) in [5.41, 5.74) is 4.70. The van der Waals surface area contributed by atoms with Crippen molar-refractivity contribution in [2.75, 3.05) is 0 Å². The number of ketones is 1. The fourth-order valence-electron chi connectivity index (χ4n) is 3.34. The van der Waals surface area contributed by atoms with Gasteiger partial charge in [0, 0.05) is 11.5 Å². The average Bonchev–Trinajstić information content (AvgIpc) is 2.56. The topological polar surface area (TPSA) is 17.1 Å². The molecule has 1 nitrogen and oxygen atoms in total. The van der Waals surface area contributed by atoms with Crippen LogP contribution in [0.1, 0.15) is 47.2 Å². The van der Waals surface area contributed by atoms with Gasteiger partial charge in [0.1, 0.15) is 0 Å². The summed E-state index contributed by atoms with van der Waals surface area (Å²) in [6, 6.07) is 18.4. The van der Waals surface area contributed by atoms with Gasteiger partial charge in [-0.15, -0.1) is 0 Å². The summed E-state index contributed by atoms with van der Waals surface area (Å²) in [5, 5.41) is 0. The molecule has 2 aromatic carbocycles. The van der Waals surface area contributed by atoms with E-state index < -0.39 is 0 Å². The standard InChI is InChI=1S/C21H22O/c1-15-8-11-18(12-9-15)21(22)19-13-10-16(2)14-20(19)17-6-4-3-5-7-17/h3-12,19-20H,13-14H2,1-2H3/t19-,20+/m1/s1. The van der Waals surface area contributed by atoms with Crippen molar-refractivity contribution >= 4 is 5.78 Å². The molecular weight excluding hydrogens is 268 g/mol. The number of allylic oxidation sites excluding steroid dienone is 2. The number of aryl methyl sites for hydroxylation is 1. The highest BCUT2D eigenvalue weighted by Gasteiger charge is 2.31. The first-order valence-electron chi connectivity index (χ1n) is 7.96. The van der Waals surface area contributed by atoms with Gasteiger partial charge >= 0.3 is 0 Å². The Kier molecular flexibility index (Phi) is 4.24. The second-order valence-electron chi connectivity index (χ2n) is 6.34. The summed E-state index contributed by atoms with van der Waals surface area (Å²) in [7, 11) is 0. The Morgan fingerprint density at radius 2 is 1.64 bits per heavy atom. The van der Waals surface area contributed by atoms with Crippen LogP contribution in [0.2, 0.25) is 0 Å². The maximum absolute atomic E-state index is 13.0. The molecule has 3 rings (SSSR count). The maximum atomic E-state index is 13.0. The van der Waals surface area contributed by atoms with E-state index in [1.807, 2.05) is 37.3 Å². The number of carbonyl (C=O) groups excluding carboxylic acids is 1. The Morgan fingerprint density at radius 1 is 0.955 bits per heavy atom. The Labute approximate surface area is 132 Å². The van der Waals surface area contributed by atoms with Crippen molar-refractivity contribution in [2.45, 2.75) is 32.6 Å². The molecule has 0 amide bonds. The molecule has 1 heteroatoms. The number of benzene rings is 2. The molecule has 0 fully saturated rings. The van der Waals surface area contributed by atoms with Gasteiger partial charge in [-0.2, -0.15) is 0 Å².